The van der Waals surface area contributed by atoms with Gasteiger partial charge in [0.15, 0.2) is 0 Å². The molecule has 0 unspecified atom stereocenters. The summed E-state index contributed by atoms with van der Waals surface area (Å²) in [5, 5.41) is 4.01. The SMILES string of the molecule is CCCN(CCC)c1ccc(/C=N/NC(=O)c2ccoc2C)cc1. The molecule has 1 aromatic carbocycles. The van der Waals surface area contributed by atoms with Gasteiger partial charge in [-0.15, -0.1) is 0 Å². The van der Waals surface area contributed by atoms with Gasteiger partial charge in [-0.05, 0) is 43.5 Å². The Morgan fingerprint density at radius 2 is 1.83 bits per heavy atom. The first-order valence-corrected chi connectivity index (χ1v) is 8.38. The summed E-state index contributed by atoms with van der Waals surface area (Å²) in [7, 11) is 0. The molecule has 0 bridgehead atoms. The maximum atomic E-state index is 11.9. The second-order valence-electron chi connectivity index (χ2n) is 5.67. The van der Waals surface area contributed by atoms with Crippen LogP contribution < -0.4 is 10.3 Å². The number of hydrogen-bond acceptors (Lipinski definition) is 4. The number of nitrogens with zero attached hydrogens (tertiary/aromatic N) is 2. The zero-order chi connectivity index (χ0) is 17.4. The molecule has 0 saturated heterocycles. The Morgan fingerprint density at radius 3 is 2.38 bits per heavy atom. The molecular formula is C19H25N3O2. The summed E-state index contributed by atoms with van der Waals surface area (Å²) in [6.45, 7) is 8.24. The summed E-state index contributed by atoms with van der Waals surface area (Å²) in [5.41, 5.74) is 5.17. The summed E-state index contributed by atoms with van der Waals surface area (Å²) in [6.07, 6.45) is 5.39. The van der Waals surface area contributed by atoms with Crippen molar-refractivity contribution in [3.05, 3.63) is 53.5 Å². The Hall–Kier alpha value is -2.56. The van der Waals surface area contributed by atoms with Gasteiger partial charge in [0.2, 0.25) is 0 Å². The van der Waals surface area contributed by atoms with Crippen molar-refractivity contribution in [3.63, 3.8) is 0 Å². The highest BCUT2D eigenvalue weighted by atomic mass is 16.3. The number of nitrogens with one attached hydrogen (secondary N) is 1. The summed E-state index contributed by atoms with van der Waals surface area (Å²) in [6, 6.07) is 9.83. The number of hydrogen-bond donors (Lipinski definition) is 1. The van der Waals surface area contributed by atoms with Crippen molar-refractivity contribution in [2.45, 2.75) is 33.6 Å². The molecular weight excluding hydrogens is 302 g/mol. The predicted octanol–water partition coefficient (Wildman–Crippen LogP) is 3.98. The third-order valence-electron chi connectivity index (χ3n) is 3.73. The zero-order valence-corrected chi connectivity index (χ0v) is 14.6. The molecule has 0 fully saturated rings. The fourth-order valence-corrected chi connectivity index (χ4v) is 2.53. The van der Waals surface area contributed by atoms with Crippen LogP contribution in [0, 0.1) is 6.92 Å². The first-order valence-electron chi connectivity index (χ1n) is 8.38. The fraction of sp³-hybridized carbons (Fsp3) is 0.368. The van der Waals surface area contributed by atoms with Gasteiger partial charge in [-0.2, -0.15) is 5.10 Å². The lowest BCUT2D eigenvalue weighted by Gasteiger charge is -2.23. The Kier molecular flexibility index (Phi) is 6.61. The van der Waals surface area contributed by atoms with Crippen molar-refractivity contribution in [2.75, 3.05) is 18.0 Å². The molecule has 0 atom stereocenters. The highest BCUT2D eigenvalue weighted by Crippen LogP contribution is 2.15. The van der Waals surface area contributed by atoms with Gasteiger partial charge in [-0.3, -0.25) is 4.79 Å². The molecule has 0 radical (unpaired) electrons. The van der Waals surface area contributed by atoms with Crippen LogP contribution in [0.1, 0.15) is 48.4 Å². The van der Waals surface area contributed by atoms with E-state index in [1.807, 2.05) is 12.1 Å². The number of rotatable bonds is 8. The van der Waals surface area contributed by atoms with E-state index in [-0.39, 0.29) is 5.91 Å². The lowest BCUT2D eigenvalue weighted by atomic mass is 10.2. The summed E-state index contributed by atoms with van der Waals surface area (Å²) < 4.78 is 5.11. The second-order valence-corrected chi connectivity index (χ2v) is 5.67. The minimum absolute atomic E-state index is 0.272. The standard InChI is InChI=1S/C19H25N3O2/c1-4-11-22(12-5-2)17-8-6-16(7-9-17)14-20-21-19(23)18-10-13-24-15(18)3/h6-10,13-14H,4-5,11-12H2,1-3H3,(H,21,23)/b20-14+. The van der Waals surface area contributed by atoms with Crippen LogP contribution in [0.4, 0.5) is 5.69 Å². The molecule has 24 heavy (non-hydrogen) atoms. The summed E-state index contributed by atoms with van der Waals surface area (Å²) in [5.74, 6) is 0.310. The number of anilines is 1. The molecule has 2 aromatic rings. The van der Waals surface area contributed by atoms with Gasteiger partial charge in [-0.1, -0.05) is 26.0 Å². The van der Waals surface area contributed by atoms with Crippen molar-refractivity contribution < 1.29 is 9.21 Å². The van der Waals surface area contributed by atoms with Crippen LogP contribution in [0.15, 0.2) is 46.1 Å². The van der Waals surface area contributed by atoms with Crippen LogP contribution in [0.5, 0.6) is 0 Å². The molecule has 128 valence electrons. The van der Waals surface area contributed by atoms with E-state index in [0.717, 1.165) is 31.5 Å². The normalized spacial score (nSPS) is 11.0. The lowest BCUT2D eigenvalue weighted by molar-refractivity contribution is 0.0953. The van der Waals surface area contributed by atoms with E-state index < -0.39 is 0 Å². The monoisotopic (exact) mass is 327 g/mol. The Labute approximate surface area is 143 Å². The maximum absolute atomic E-state index is 11.9. The molecule has 2 rings (SSSR count). The van der Waals surface area contributed by atoms with Crippen molar-refractivity contribution in [1.82, 2.24) is 5.43 Å². The molecule has 1 heterocycles. The molecule has 1 amide bonds. The third kappa shape index (κ3) is 4.72. The smallest absolute Gasteiger partial charge is 0.274 e. The van der Waals surface area contributed by atoms with E-state index in [1.165, 1.54) is 12.0 Å². The van der Waals surface area contributed by atoms with Gasteiger partial charge in [0.25, 0.3) is 5.91 Å². The van der Waals surface area contributed by atoms with Crippen molar-refractivity contribution >= 4 is 17.8 Å². The van der Waals surface area contributed by atoms with E-state index in [0.29, 0.717) is 11.3 Å². The minimum Gasteiger partial charge on any atom is -0.469 e. The van der Waals surface area contributed by atoms with Crippen LogP contribution in [0.2, 0.25) is 0 Å². The molecule has 1 aromatic heterocycles. The quantitative estimate of drug-likeness (QED) is 0.589. The molecule has 0 saturated carbocycles. The largest absolute Gasteiger partial charge is 0.469 e. The van der Waals surface area contributed by atoms with Crippen molar-refractivity contribution in [2.24, 2.45) is 5.10 Å². The molecule has 0 aliphatic carbocycles. The van der Waals surface area contributed by atoms with Gasteiger partial charge in [0, 0.05) is 18.8 Å². The zero-order valence-electron chi connectivity index (χ0n) is 14.6. The molecule has 5 nitrogen and oxygen atoms in total. The Bertz CT molecular complexity index is 668. The number of amides is 1. The average molecular weight is 327 g/mol. The Balaban J connectivity index is 1.95. The Morgan fingerprint density at radius 1 is 1.17 bits per heavy atom. The minimum atomic E-state index is -0.272. The fourth-order valence-electron chi connectivity index (χ4n) is 2.53. The number of hydrazone groups is 1. The number of benzene rings is 1. The number of furan rings is 1. The highest BCUT2D eigenvalue weighted by molar-refractivity contribution is 5.95. The molecule has 0 spiro atoms. The van der Waals surface area contributed by atoms with E-state index in [2.05, 4.69) is 41.4 Å². The molecule has 1 N–H and O–H groups in total. The van der Waals surface area contributed by atoms with Crippen LogP contribution >= 0.6 is 0 Å². The third-order valence-corrected chi connectivity index (χ3v) is 3.73. The van der Waals surface area contributed by atoms with Gasteiger partial charge < -0.3 is 9.32 Å². The van der Waals surface area contributed by atoms with Crippen molar-refractivity contribution in [1.29, 1.82) is 0 Å². The van der Waals surface area contributed by atoms with Gasteiger partial charge in [-0.25, -0.2) is 5.43 Å². The van der Waals surface area contributed by atoms with E-state index in [4.69, 9.17) is 4.42 Å². The van der Waals surface area contributed by atoms with Gasteiger partial charge >= 0.3 is 0 Å². The highest BCUT2D eigenvalue weighted by Gasteiger charge is 2.09. The van der Waals surface area contributed by atoms with Crippen LogP contribution in [-0.2, 0) is 0 Å². The van der Waals surface area contributed by atoms with E-state index in [9.17, 15) is 4.79 Å². The van der Waals surface area contributed by atoms with Crippen molar-refractivity contribution in [3.8, 4) is 0 Å². The number of carbonyl (C=O) groups excluding carboxylic acids is 1. The van der Waals surface area contributed by atoms with Crippen LogP contribution in [0.25, 0.3) is 0 Å². The first kappa shape index (κ1) is 17.8. The molecule has 0 aliphatic rings. The van der Waals surface area contributed by atoms with E-state index in [1.54, 1.807) is 19.2 Å². The average Bonchev–Trinajstić information content (AvgIpc) is 3.01. The van der Waals surface area contributed by atoms with E-state index >= 15 is 0 Å². The number of carbonyl (C=O) groups is 1. The second kappa shape index (κ2) is 8.91. The molecule has 0 aliphatic heterocycles. The molecule has 5 heteroatoms. The summed E-state index contributed by atoms with van der Waals surface area (Å²) in [4.78, 5) is 14.3. The van der Waals surface area contributed by atoms with Gasteiger partial charge in [0.1, 0.15) is 5.76 Å². The topological polar surface area (TPSA) is 57.8 Å². The predicted molar refractivity (Wildman–Crippen MR) is 97.7 cm³/mol. The first-order chi connectivity index (χ1) is 11.7. The van der Waals surface area contributed by atoms with Crippen LogP contribution in [-0.4, -0.2) is 25.2 Å². The number of aryl methyl sites for hydroxylation is 1. The maximum Gasteiger partial charge on any atom is 0.274 e. The summed E-state index contributed by atoms with van der Waals surface area (Å²) >= 11 is 0. The van der Waals surface area contributed by atoms with Crippen LogP contribution in [0.3, 0.4) is 0 Å². The lowest BCUT2D eigenvalue weighted by Crippen LogP contribution is -2.24. The van der Waals surface area contributed by atoms with Gasteiger partial charge in [0.05, 0.1) is 18.0 Å².